The summed E-state index contributed by atoms with van der Waals surface area (Å²) in [6.45, 7) is 4.60. The Morgan fingerprint density at radius 1 is 0.710 bits per heavy atom. The fourth-order valence-electron chi connectivity index (χ4n) is 4.91. The van der Waals surface area contributed by atoms with Crippen LogP contribution in [-0.2, 0) is 9.59 Å². The molecule has 3 fully saturated rings. The van der Waals surface area contributed by atoms with Gasteiger partial charge in [-0.2, -0.15) is 0 Å². The summed E-state index contributed by atoms with van der Waals surface area (Å²) in [5.41, 5.74) is 1.97. The predicted octanol–water partition coefficient (Wildman–Crippen LogP) is 3.33. The van der Waals surface area contributed by atoms with Crippen LogP contribution >= 0.6 is 11.8 Å². The summed E-state index contributed by atoms with van der Waals surface area (Å²) in [5.74, 6) is -0.506. The highest BCUT2D eigenvalue weighted by Gasteiger charge is 2.44. The number of para-hydroxylation sites is 1. The SMILES string of the molecule is O=C1SC(=C2C(=O)N(CN3CCCCC3)c3ccccc32)C(=O)N1CN1CCCCC1. The van der Waals surface area contributed by atoms with Crippen molar-refractivity contribution in [3.63, 3.8) is 0 Å². The average molecular weight is 441 g/mol. The maximum Gasteiger partial charge on any atom is 0.294 e. The molecule has 164 valence electrons. The maximum absolute atomic E-state index is 13.5. The molecule has 4 heterocycles. The molecule has 1 aromatic rings. The first-order valence-electron chi connectivity index (χ1n) is 11.3. The molecule has 4 aliphatic heterocycles. The van der Waals surface area contributed by atoms with E-state index in [0.29, 0.717) is 18.9 Å². The lowest BCUT2D eigenvalue weighted by Gasteiger charge is -2.30. The number of nitrogens with zero attached hydrogens (tertiary/aromatic N) is 4. The Morgan fingerprint density at radius 3 is 1.94 bits per heavy atom. The minimum atomic E-state index is -0.335. The Labute approximate surface area is 187 Å². The van der Waals surface area contributed by atoms with Gasteiger partial charge in [-0.3, -0.25) is 34.0 Å². The van der Waals surface area contributed by atoms with E-state index >= 15 is 0 Å². The molecular weight excluding hydrogens is 412 g/mol. The van der Waals surface area contributed by atoms with Crippen molar-refractivity contribution in [2.75, 3.05) is 44.4 Å². The quantitative estimate of drug-likeness (QED) is 0.670. The van der Waals surface area contributed by atoms with Gasteiger partial charge in [0.25, 0.3) is 17.1 Å². The van der Waals surface area contributed by atoms with Gasteiger partial charge in [0.05, 0.1) is 29.5 Å². The van der Waals surface area contributed by atoms with Crippen molar-refractivity contribution in [2.45, 2.75) is 38.5 Å². The standard InChI is InChI=1S/C23H28N4O3S/c28-21-19(20-22(29)27(23(30)31-20)16-25-13-7-2-8-14-25)17-9-3-4-10-18(17)26(21)15-24-11-5-1-6-12-24/h3-4,9-10H,1-2,5-8,11-16H2. The second-order valence-electron chi connectivity index (χ2n) is 8.70. The molecular formula is C23H28N4O3S. The van der Waals surface area contributed by atoms with E-state index in [1.807, 2.05) is 24.3 Å². The van der Waals surface area contributed by atoms with Crippen molar-refractivity contribution in [3.8, 4) is 0 Å². The summed E-state index contributed by atoms with van der Waals surface area (Å²) in [6.07, 6.45) is 6.90. The number of benzene rings is 1. The number of rotatable bonds is 4. The summed E-state index contributed by atoms with van der Waals surface area (Å²) < 4.78 is 0. The number of hydrogen-bond acceptors (Lipinski definition) is 6. The van der Waals surface area contributed by atoms with Gasteiger partial charge >= 0.3 is 0 Å². The second-order valence-corrected chi connectivity index (χ2v) is 9.66. The third-order valence-corrected chi connectivity index (χ3v) is 7.56. The highest BCUT2D eigenvalue weighted by Crippen LogP contribution is 2.44. The van der Waals surface area contributed by atoms with Crippen LogP contribution in [0, 0.1) is 0 Å². The molecule has 1 aromatic carbocycles. The Hall–Kier alpha value is -2.16. The summed E-state index contributed by atoms with van der Waals surface area (Å²) in [6, 6.07) is 7.62. The molecule has 3 saturated heterocycles. The molecule has 0 bridgehead atoms. The molecule has 0 atom stereocenters. The van der Waals surface area contributed by atoms with Crippen molar-refractivity contribution in [3.05, 3.63) is 34.7 Å². The first-order chi connectivity index (χ1) is 15.1. The van der Waals surface area contributed by atoms with E-state index in [4.69, 9.17) is 0 Å². The van der Waals surface area contributed by atoms with Gasteiger partial charge in [-0.25, -0.2) is 0 Å². The number of piperidine rings is 2. The molecule has 0 radical (unpaired) electrons. The van der Waals surface area contributed by atoms with E-state index in [1.165, 1.54) is 17.7 Å². The average Bonchev–Trinajstić information content (AvgIpc) is 3.23. The van der Waals surface area contributed by atoms with Crippen LogP contribution in [0.15, 0.2) is 29.2 Å². The summed E-state index contributed by atoms with van der Waals surface area (Å²) >= 11 is 0.912. The van der Waals surface area contributed by atoms with Gasteiger partial charge in [0.1, 0.15) is 0 Å². The van der Waals surface area contributed by atoms with Crippen LogP contribution in [0.2, 0.25) is 0 Å². The number of fused-ring (bicyclic) bond motifs is 1. The van der Waals surface area contributed by atoms with E-state index in [2.05, 4.69) is 9.80 Å². The normalized spacial score (nSPS) is 25.6. The minimum Gasteiger partial charge on any atom is -0.294 e. The largest absolute Gasteiger partial charge is 0.294 e. The maximum atomic E-state index is 13.5. The molecule has 3 amide bonds. The molecule has 0 spiro atoms. The Morgan fingerprint density at radius 2 is 1.29 bits per heavy atom. The van der Waals surface area contributed by atoms with Crippen LogP contribution in [0.3, 0.4) is 0 Å². The Balaban J connectivity index is 1.43. The highest BCUT2D eigenvalue weighted by molar-refractivity contribution is 8.18. The molecule has 31 heavy (non-hydrogen) atoms. The van der Waals surface area contributed by atoms with E-state index in [-0.39, 0.29) is 22.0 Å². The Bertz CT molecular complexity index is 935. The number of anilines is 1. The van der Waals surface area contributed by atoms with Gasteiger partial charge in [-0.1, -0.05) is 31.0 Å². The van der Waals surface area contributed by atoms with Crippen LogP contribution < -0.4 is 4.90 Å². The first kappa shape index (κ1) is 20.7. The molecule has 0 N–H and O–H groups in total. The zero-order valence-electron chi connectivity index (χ0n) is 17.7. The molecule has 0 aliphatic carbocycles. The van der Waals surface area contributed by atoms with E-state index in [9.17, 15) is 14.4 Å². The number of imide groups is 1. The van der Waals surface area contributed by atoms with Gasteiger partial charge in [0.2, 0.25) is 0 Å². The number of amides is 3. The van der Waals surface area contributed by atoms with Crippen molar-refractivity contribution in [2.24, 2.45) is 0 Å². The van der Waals surface area contributed by atoms with Gasteiger partial charge in [0.15, 0.2) is 0 Å². The van der Waals surface area contributed by atoms with Crippen LogP contribution in [-0.4, -0.2) is 71.3 Å². The molecule has 4 aliphatic rings. The topological polar surface area (TPSA) is 64.2 Å². The summed E-state index contributed by atoms with van der Waals surface area (Å²) in [5, 5.41) is -0.280. The summed E-state index contributed by atoms with van der Waals surface area (Å²) in [4.78, 5) is 47.3. The van der Waals surface area contributed by atoms with E-state index in [1.54, 1.807) is 4.90 Å². The van der Waals surface area contributed by atoms with Crippen LogP contribution in [0.5, 0.6) is 0 Å². The van der Waals surface area contributed by atoms with Gasteiger partial charge in [-0.05, 0) is 69.7 Å². The van der Waals surface area contributed by atoms with Crippen LogP contribution in [0.1, 0.15) is 44.1 Å². The third-order valence-electron chi connectivity index (χ3n) is 6.58. The van der Waals surface area contributed by atoms with Crippen molar-refractivity contribution < 1.29 is 14.4 Å². The molecule has 8 heteroatoms. The van der Waals surface area contributed by atoms with Gasteiger partial charge < -0.3 is 0 Å². The molecule has 0 saturated carbocycles. The lowest BCUT2D eigenvalue weighted by atomic mass is 10.1. The number of carbonyl (C=O) groups is 3. The van der Waals surface area contributed by atoms with Crippen molar-refractivity contribution >= 4 is 40.1 Å². The van der Waals surface area contributed by atoms with Crippen molar-refractivity contribution in [1.82, 2.24) is 14.7 Å². The molecule has 0 aromatic heterocycles. The molecule has 5 rings (SSSR count). The lowest BCUT2D eigenvalue weighted by molar-refractivity contribution is -0.124. The molecule has 0 unspecified atom stereocenters. The number of carbonyl (C=O) groups excluding carboxylic acids is 3. The zero-order valence-corrected chi connectivity index (χ0v) is 18.5. The minimum absolute atomic E-state index is 0.171. The predicted molar refractivity (Wildman–Crippen MR) is 121 cm³/mol. The number of hydrogen-bond donors (Lipinski definition) is 0. The van der Waals surface area contributed by atoms with E-state index in [0.717, 1.165) is 74.9 Å². The smallest absolute Gasteiger partial charge is 0.294 e. The van der Waals surface area contributed by atoms with E-state index < -0.39 is 0 Å². The van der Waals surface area contributed by atoms with Crippen molar-refractivity contribution in [1.29, 1.82) is 0 Å². The fraction of sp³-hybridized carbons (Fsp3) is 0.522. The first-order valence-corrected chi connectivity index (χ1v) is 12.1. The Kier molecular flexibility index (Phi) is 5.86. The molecule has 7 nitrogen and oxygen atoms in total. The van der Waals surface area contributed by atoms with Gasteiger partial charge in [-0.15, -0.1) is 0 Å². The second kappa shape index (κ2) is 8.76. The number of likely N-dealkylation sites (tertiary alicyclic amines) is 2. The lowest BCUT2D eigenvalue weighted by Crippen LogP contribution is -2.43. The zero-order chi connectivity index (χ0) is 21.4. The van der Waals surface area contributed by atoms with Gasteiger partial charge in [0, 0.05) is 5.56 Å². The third kappa shape index (κ3) is 3.92. The highest BCUT2D eigenvalue weighted by atomic mass is 32.2. The summed E-state index contributed by atoms with van der Waals surface area (Å²) in [7, 11) is 0. The van der Waals surface area contributed by atoms with Crippen LogP contribution in [0.25, 0.3) is 5.57 Å². The fourth-order valence-corrected chi connectivity index (χ4v) is 5.84. The monoisotopic (exact) mass is 440 g/mol. The number of thioether (sulfide) groups is 1. The van der Waals surface area contributed by atoms with Crippen LogP contribution in [0.4, 0.5) is 10.5 Å².